The number of nitrogens with one attached hydrogen (secondary N) is 1. The molecule has 0 aliphatic carbocycles. The largest absolute Gasteiger partial charge is 0.341 e. The summed E-state index contributed by atoms with van der Waals surface area (Å²) in [4.78, 5) is 24.5. The van der Waals surface area contributed by atoms with E-state index in [1.165, 1.54) is 6.92 Å². The van der Waals surface area contributed by atoms with E-state index in [9.17, 15) is 9.59 Å². The molecule has 96 valence electrons. The number of anilines is 1. The van der Waals surface area contributed by atoms with Gasteiger partial charge in [-0.3, -0.25) is 9.59 Å². The molecule has 1 N–H and O–H groups in total. The predicted octanol–water partition coefficient (Wildman–Crippen LogP) is 2.07. The van der Waals surface area contributed by atoms with Gasteiger partial charge in [-0.1, -0.05) is 17.7 Å². The molecule has 0 aromatic heterocycles. The standard InChI is InChI=1S/C13H15ClN2O2/c1-8-3-4-11(5-12(8)14)15-13(18)10-6-16(7-10)9(2)17/h3-5,10H,6-7H2,1-2H3,(H,15,18). The average Bonchev–Trinajstić information content (AvgIpc) is 2.20. The van der Waals surface area contributed by atoms with Crippen molar-refractivity contribution in [3.05, 3.63) is 28.8 Å². The lowest BCUT2D eigenvalue weighted by Crippen LogP contribution is -2.53. The summed E-state index contributed by atoms with van der Waals surface area (Å²) in [7, 11) is 0. The Bertz CT molecular complexity index is 496. The second-order valence-corrected chi connectivity index (χ2v) is 4.98. The number of carbonyl (C=O) groups is 2. The minimum atomic E-state index is -0.117. The molecule has 18 heavy (non-hydrogen) atoms. The molecule has 1 aliphatic heterocycles. The third-order valence-electron chi connectivity index (χ3n) is 3.14. The minimum absolute atomic E-state index is 0.0115. The van der Waals surface area contributed by atoms with E-state index in [2.05, 4.69) is 5.32 Å². The number of halogens is 1. The highest BCUT2D eigenvalue weighted by Crippen LogP contribution is 2.22. The first-order valence-corrected chi connectivity index (χ1v) is 6.17. The lowest BCUT2D eigenvalue weighted by atomic mass is 9.99. The summed E-state index contributed by atoms with van der Waals surface area (Å²) >= 11 is 5.99. The van der Waals surface area contributed by atoms with E-state index in [-0.39, 0.29) is 17.7 Å². The van der Waals surface area contributed by atoms with E-state index in [0.717, 1.165) is 5.56 Å². The fraction of sp³-hybridized carbons (Fsp3) is 0.385. The number of benzene rings is 1. The normalized spacial score (nSPS) is 15.2. The van der Waals surface area contributed by atoms with Crippen molar-refractivity contribution >= 4 is 29.1 Å². The van der Waals surface area contributed by atoms with Gasteiger partial charge >= 0.3 is 0 Å². The molecule has 0 saturated carbocycles. The first kappa shape index (κ1) is 12.9. The van der Waals surface area contributed by atoms with Gasteiger partial charge in [0.25, 0.3) is 0 Å². The average molecular weight is 267 g/mol. The number of nitrogens with zero attached hydrogens (tertiary/aromatic N) is 1. The van der Waals surface area contributed by atoms with E-state index in [1.807, 2.05) is 19.1 Å². The maximum Gasteiger partial charge on any atom is 0.231 e. The van der Waals surface area contributed by atoms with Gasteiger partial charge in [0, 0.05) is 30.7 Å². The maximum absolute atomic E-state index is 11.9. The van der Waals surface area contributed by atoms with Gasteiger partial charge in [0.05, 0.1) is 5.92 Å². The summed E-state index contributed by atoms with van der Waals surface area (Å²) in [5, 5.41) is 3.44. The van der Waals surface area contributed by atoms with E-state index in [1.54, 1.807) is 11.0 Å². The van der Waals surface area contributed by atoms with Crippen LogP contribution in [0.15, 0.2) is 18.2 Å². The number of hydrogen-bond donors (Lipinski definition) is 1. The lowest BCUT2D eigenvalue weighted by molar-refractivity contribution is -0.139. The third kappa shape index (κ3) is 2.64. The molecule has 0 atom stereocenters. The van der Waals surface area contributed by atoms with Crippen LogP contribution >= 0.6 is 11.6 Å². The monoisotopic (exact) mass is 266 g/mol. The summed E-state index contributed by atoms with van der Waals surface area (Å²) in [6, 6.07) is 5.41. The second kappa shape index (κ2) is 4.98. The van der Waals surface area contributed by atoms with E-state index in [0.29, 0.717) is 23.8 Å². The van der Waals surface area contributed by atoms with Crippen molar-refractivity contribution in [2.45, 2.75) is 13.8 Å². The number of likely N-dealkylation sites (tertiary alicyclic amines) is 1. The first-order valence-electron chi connectivity index (χ1n) is 5.80. The van der Waals surface area contributed by atoms with Crippen LogP contribution in [0.1, 0.15) is 12.5 Å². The molecule has 1 aromatic rings. The Morgan fingerprint density at radius 1 is 1.39 bits per heavy atom. The van der Waals surface area contributed by atoms with Crippen molar-refractivity contribution in [3.8, 4) is 0 Å². The first-order chi connectivity index (χ1) is 8.47. The van der Waals surface area contributed by atoms with Crippen LogP contribution in [-0.2, 0) is 9.59 Å². The van der Waals surface area contributed by atoms with Crippen LogP contribution in [0.5, 0.6) is 0 Å². The van der Waals surface area contributed by atoms with Gasteiger partial charge < -0.3 is 10.2 Å². The summed E-state index contributed by atoms with van der Waals surface area (Å²) in [5.41, 5.74) is 1.66. The van der Waals surface area contributed by atoms with Crippen LogP contribution in [-0.4, -0.2) is 29.8 Å². The third-order valence-corrected chi connectivity index (χ3v) is 3.54. The van der Waals surface area contributed by atoms with Crippen molar-refractivity contribution in [2.75, 3.05) is 18.4 Å². The molecule has 1 aliphatic rings. The van der Waals surface area contributed by atoms with Gasteiger partial charge in [0.2, 0.25) is 11.8 Å². The Kier molecular flexibility index (Phi) is 3.57. The molecule has 0 unspecified atom stereocenters. The number of amides is 2. The molecule has 1 heterocycles. The summed E-state index contributed by atoms with van der Waals surface area (Å²) in [5.74, 6) is -0.168. The van der Waals surface area contributed by atoms with Crippen molar-refractivity contribution in [1.82, 2.24) is 4.90 Å². The van der Waals surface area contributed by atoms with Crippen molar-refractivity contribution < 1.29 is 9.59 Å². The van der Waals surface area contributed by atoms with Gasteiger partial charge in [-0.15, -0.1) is 0 Å². The molecule has 1 fully saturated rings. The van der Waals surface area contributed by atoms with Crippen LogP contribution in [0.3, 0.4) is 0 Å². The molecular weight excluding hydrogens is 252 g/mol. The highest BCUT2D eigenvalue weighted by atomic mass is 35.5. The van der Waals surface area contributed by atoms with Gasteiger partial charge in [-0.2, -0.15) is 0 Å². The fourth-order valence-corrected chi connectivity index (χ4v) is 2.00. The minimum Gasteiger partial charge on any atom is -0.341 e. The number of hydrogen-bond acceptors (Lipinski definition) is 2. The second-order valence-electron chi connectivity index (χ2n) is 4.57. The van der Waals surface area contributed by atoms with Gasteiger partial charge in [-0.25, -0.2) is 0 Å². The zero-order chi connectivity index (χ0) is 13.3. The Morgan fingerprint density at radius 3 is 2.61 bits per heavy atom. The fourth-order valence-electron chi connectivity index (χ4n) is 1.82. The Balaban J connectivity index is 1.92. The van der Waals surface area contributed by atoms with Crippen LogP contribution in [0.2, 0.25) is 5.02 Å². The van der Waals surface area contributed by atoms with Crippen LogP contribution in [0.4, 0.5) is 5.69 Å². The molecule has 4 nitrogen and oxygen atoms in total. The van der Waals surface area contributed by atoms with Gasteiger partial charge in [0.1, 0.15) is 0 Å². The Morgan fingerprint density at radius 2 is 2.06 bits per heavy atom. The molecule has 2 amide bonds. The van der Waals surface area contributed by atoms with E-state index >= 15 is 0 Å². The van der Waals surface area contributed by atoms with E-state index in [4.69, 9.17) is 11.6 Å². The quantitative estimate of drug-likeness (QED) is 0.891. The van der Waals surface area contributed by atoms with Crippen molar-refractivity contribution in [1.29, 1.82) is 0 Å². The topological polar surface area (TPSA) is 49.4 Å². The molecule has 2 rings (SSSR count). The van der Waals surface area contributed by atoms with Crippen LogP contribution < -0.4 is 5.32 Å². The molecule has 5 heteroatoms. The summed E-state index contributed by atoms with van der Waals surface area (Å²) in [6.45, 7) is 4.42. The zero-order valence-electron chi connectivity index (χ0n) is 10.4. The molecule has 1 saturated heterocycles. The highest BCUT2D eigenvalue weighted by Gasteiger charge is 2.34. The van der Waals surface area contributed by atoms with Crippen molar-refractivity contribution in [3.63, 3.8) is 0 Å². The Hall–Kier alpha value is -1.55. The Labute approximate surface area is 111 Å². The highest BCUT2D eigenvalue weighted by molar-refractivity contribution is 6.31. The smallest absolute Gasteiger partial charge is 0.231 e. The molecule has 0 radical (unpaired) electrons. The molecule has 1 aromatic carbocycles. The number of carbonyl (C=O) groups excluding carboxylic acids is 2. The maximum atomic E-state index is 11.9. The van der Waals surface area contributed by atoms with Gasteiger partial charge in [0.15, 0.2) is 0 Å². The summed E-state index contributed by atoms with van der Waals surface area (Å²) in [6.07, 6.45) is 0. The molecule has 0 spiro atoms. The predicted molar refractivity (Wildman–Crippen MR) is 70.6 cm³/mol. The molecule has 0 bridgehead atoms. The van der Waals surface area contributed by atoms with E-state index < -0.39 is 0 Å². The SMILES string of the molecule is CC(=O)N1CC(C(=O)Nc2ccc(C)c(Cl)c2)C1. The summed E-state index contributed by atoms with van der Waals surface area (Å²) < 4.78 is 0. The van der Waals surface area contributed by atoms with Gasteiger partial charge in [-0.05, 0) is 24.6 Å². The molecular formula is C13H15ClN2O2. The van der Waals surface area contributed by atoms with Crippen LogP contribution in [0.25, 0.3) is 0 Å². The number of aryl methyl sites for hydroxylation is 1. The zero-order valence-corrected chi connectivity index (χ0v) is 11.1. The van der Waals surface area contributed by atoms with Crippen LogP contribution in [0, 0.1) is 12.8 Å². The van der Waals surface area contributed by atoms with Crippen molar-refractivity contribution in [2.24, 2.45) is 5.92 Å². The lowest BCUT2D eigenvalue weighted by Gasteiger charge is -2.37. The number of rotatable bonds is 2.